The third-order valence-electron chi connectivity index (χ3n) is 1.68. The van der Waals surface area contributed by atoms with E-state index in [-0.39, 0.29) is 0 Å². The minimum Gasteiger partial charge on any atom is -0.264 e. The Bertz CT molecular complexity index is 250. The topological polar surface area (TPSA) is 12.9 Å². The first-order valence-corrected chi connectivity index (χ1v) is 3.62. The fraction of sp³-hybridized carbons (Fsp3) is 0.444. The smallest absolute Gasteiger partial charge is 0.132 e. The molecule has 0 saturated carbocycles. The standard InChI is InChI=1S/C9H12FN/c1-7-4-5-11-6-8(7)9(2,3)10/h4-6H,1-3H3. The van der Waals surface area contributed by atoms with Crippen LogP contribution in [0.4, 0.5) is 4.39 Å². The minimum absolute atomic E-state index is 0.667. The molecule has 11 heavy (non-hydrogen) atoms. The molecule has 1 rings (SSSR count). The maximum absolute atomic E-state index is 13.3. The van der Waals surface area contributed by atoms with Gasteiger partial charge in [0.15, 0.2) is 0 Å². The first kappa shape index (κ1) is 8.18. The van der Waals surface area contributed by atoms with Gasteiger partial charge in [0.2, 0.25) is 0 Å². The van der Waals surface area contributed by atoms with Crippen LogP contribution < -0.4 is 0 Å². The van der Waals surface area contributed by atoms with Crippen LogP contribution in [0.15, 0.2) is 18.5 Å². The van der Waals surface area contributed by atoms with Gasteiger partial charge in [0.05, 0.1) is 0 Å². The normalized spacial score (nSPS) is 11.6. The summed E-state index contributed by atoms with van der Waals surface area (Å²) >= 11 is 0. The van der Waals surface area contributed by atoms with Crippen molar-refractivity contribution in [3.8, 4) is 0 Å². The predicted octanol–water partition coefficient (Wildman–Crippen LogP) is 2.59. The molecule has 1 aromatic heterocycles. The number of rotatable bonds is 1. The largest absolute Gasteiger partial charge is 0.264 e. The van der Waals surface area contributed by atoms with Crippen molar-refractivity contribution < 1.29 is 4.39 Å². The highest BCUT2D eigenvalue weighted by atomic mass is 19.1. The van der Waals surface area contributed by atoms with Crippen LogP contribution in [0.25, 0.3) is 0 Å². The van der Waals surface area contributed by atoms with Crippen LogP contribution in [0.2, 0.25) is 0 Å². The Morgan fingerprint density at radius 1 is 1.45 bits per heavy atom. The number of halogens is 1. The van der Waals surface area contributed by atoms with Crippen molar-refractivity contribution >= 4 is 0 Å². The van der Waals surface area contributed by atoms with E-state index in [1.54, 1.807) is 12.4 Å². The summed E-state index contributed by atoms with van der Waals surface area (Å²) in [5.74, 6) is 0. The third-order valence-corrected chi connectivity index (χ3v) is 1.68. The van der Waals surface area contributed by atoms with Crippen molar-refractivity contribution in [2.75, 3.05) is 0 Å². The molecule has 0 aliphatic carbocycles. The zero-order valence-corrected chi connectivity index (χ0v) is 7.06. The van der Waals surface area contributed by atoms with Crippen molar-refractivity contribution in [3.63, 3.8) is 0 Å². The van der Waals surface area contributed by atoms with Crippen LogP contribution >= 0.6 is 0 Å². The summed E-state index contributed by atoms with van der Waals surface area (Å²) in [5, 5.41) is 0. The van der Waals surface area contributed by atoms with Gasteiger partial charge in [-0.3, -0.25) is 4.98 Å². The summed E-state index contributed by atoms with van der Waals surface area (Å²) in [6.07, 6.45) is 3.25. The summed E-state index contributed by atoms with van der Waals surface area (Å²) in [6, 6.07) is 1.82. The molecule has 0 amide bonds. The van der Waals surface area contributed by atoms with Crippen molar-refractivity contribution in [1.82, 2.24) is 4.98 Å². The van der Waals surface area contributed by atoms with E-state index in [1.807, 2.05) is 13.0 Å². The monoisotopic (exact) mass is 153 g/mol. The van der Waals surface area contributed by atoms with Gasteiger partial charge >= 0.3 is 0 Å². The van der Waals surface area contributed by atoms with E-state index in [2.05, 4.69) is 4.98 Å². The van der Waals surface area contributed by atoms with Crippen LogP contribution in [-0.2, 0) is 5.67 Å². The minimum atomic E-state index is -1.28. The molecule has 1 heterocycles. The average Bonchev–Trinajstić information content (AvgIpc) is 1.86. The van der Waals surface area contributed by atoms with Gasteiger partial charge in [-0.2, -0.15) is 0 Å². The lowest BCUT2D eigenvalue weighted by Crippen LogP contribution is -2.11. The van der Waals surface area contributed by atoms with Crippen LogP contribution in [0.1, 0.15) is 25.0 Å². The second-order valence-corrected chi connectivity index (χ2v) is 3.16. The Morgan fingerprint density at radius 2 is 2.09 bits per heavy atom. The van der Waals surface area contributed by atoms with E-state index in [4.69, 9.17) is 0 Å². The third kappa shape index (κ3) is 1.76. The molecule has 0 aliphatic heterocycles. The second-order valence-electron chi connectivity index (χ2n) is 3.16. The summed E-state index contributed by atoms with van der Waals surface area (Å²) in [6.45, 7) is 4.96. The molecular formula is C9H12FN. The number of nitrogens with zero attached hydrogens (tertiary/aromatic N) is 1. The molecule has 0 aromatic carbocycles. The number of aryl methyl sites for hydroxylation is 1. The molecule has 0 atom stereocenters. The van der Waals surface area contributed by atoms with E-state index in [0.717, 1.165) is 5.56 Å². The highest BCUT2D eigenvalue weighted by molar-refractivity contribution is 5.26. The highest BCUT2D eigenvalue weighted by Gasteiger charge is 2.20. The van der Waals surface area contributed by atoms with Gasteiger partial charge in [0.1, 0.15) is 5.67 Å². The van der Waals surface area contributed by atoms with Gasteiger partial charge in [-0.05, 0) is 32.4 Å². The number of hydrogen-bond donors (Lipinski definition) is 0. The van der Waals surface area contributed by atoms with Crippen LogP contribution in [-0.4, -0.2) is 4.98 Å². The number of hydrogen-bond acceptors (Lipinski definition) is 1. The predicted molar refractivity (Wildman–Crippen MR) is 43.1 cm³/mol. The van der Waals surface area contributed by atoms with Crippen LogP contribution in [0.3, 0.4) is 0 Å². The Morgan fingerprint density at radius 3 is 2.45 bits per heavy atom. The molecule has 1 nitrogen and oxygen atoms in total. The molecular weight excluding hydrogens is 141 g/mol. The molecule has 60 valence electrons. The fourth-order valence-electron chi connectivity index (χ4n) is 1.09. The maximum atomic E-state index is 13.3. The summed E-state index contributed by atoms with van der Waals surface area (Å²) in [4.78, 5) is 3.87. The Kier molecular flexibility index (Phi) is 1.94. The fourth-order valence-corrected chi connectivity index (χ4v) is 1.09. The van der Waals surface area contributed by atoms with E-state index in [0.29, 0.717) is 5.56 Å². The Hall–Kier alpha value is -0.920. The quantitative estimate of drug-likeness (QED) is 0.604. The molecule has 0 radical (unpaired) electrons. The molecule has 2 heteroatoms. The first-order valence-electron chi connectivity index (χ1n) is 3.62. The second kappa shape index (κ2) is 2.61. The van der Waals surface area contributed by atoms with Crippen molar-refractivity contribution in [2.24, 2.45) is 0 Å². The Labute approximate surface area is 66.3 Å². The van der Waals surface area contributed by atoms with Gasteiger partial charge in [0, 0.05) is 18.0 Å². The van der Waals surface area contributed by atoms with Gasteiger partial charge in [-0.25, -0.2) is 4.39 Å². The van der Waals surface area contributed by atoms with Crippen molar-refractivity contribution in [2.45, 2.75) is 26.4 Å². The zero-order chi connectivity index (χ0) is 8.48. The summed E-state index contributed by atoms with van der Waals surface area (Å²) in [5.41, 5.74) is 0.339. The lowest BCUT2D eigenvalue weighted by molar-refractivity contribution is 0.220. The first-order chi connectivity index (χ1) is 5.02. The zero-order valence-electron chi connectivity index (χ0n) is 7.06. The molecule has 0 bridgehead atoms. The van der Waals surface area contributed by atoms with Crippen molar-refractivity contribution in [1.29, 1.82) is 0 Å². The maximum Gasteiger partial charge on any atom is 0.132 e. The molecule has 0 aliphatic rings. The van der Waals surface area contributed by atoms with Gasteiger partial charge in [0.25, 0.3) is 0 Å². The van der Waals surface area contributed by atoms with E-state index < -0.39 is 5.67 Å². The van der Waals surface area contributed by atoms with Gasteiger partial charge in [-0.15, -0.1) is 0 Å². The molecule has 0 saturated heterocycles. The van der Waals surface area contributed by atoms with E-state index >= 15 is 0 Å². The lowest BCUT2D eigenvalue weighted by Gasteiger charge is -2.15. The average molecular weight is 153 g/mol. The molecule has 0 N–H and O–H groups in total. The Balaban J connectivity index is 3.14. The number of alkyl halides is 1. The molecule has 0 spiro atoms. The summed E-state index contributed by atoms with van der Waals surface area (Å²) in [7, 11) is 0. The van der Waals surface area contributed by atoms with E-state index in [9.17, 15) is 4.39 Å². The number of pyridine rings is 1. The van der Waals surface area contributed by atoms with Crippen molar-refractivity contribution in [3.05, 3.63) is 29.6 Å². The summed E-state index contributed by atoms with van der Waals surface area (Å²) < 4.78 is 13.3. The van der Waals surface area contributed by atoms with Gasteiger partial charge < -0.3 is 0 Å². The number of aromatic nitrogens is 1. The van der Waals surface area contributed by atoms with Crippen LogP contribution in [0.5, 0.6) is 0 Å². The highest BCUT2D eigenvalue weighted by Crippen LogP contribution is 2.25. The van der Waals surface area contributed by atoms with E-state index in [1.165, 1.54) is 13.8 Å². The molecule has 1 aromatic rings. The molecule has 0 fully saturated rings. The lowest BCUT2D eigenvalue weighted by atomic mass is 9.98. The van der Waals surface area contributed by atoms with Crippen LogP contribution in [0, 0.1) is 6.92 Å². The molecule has 0 unspecified atom stereocenters. The SMILES string of the molecule is Cc1ccncc1C(C)(C)F. The van der Waals surface area contributed by atoms with Gasteiger partial charge in [-0.1, -0.05) is 0 Å².